The molecule has 1 aliphatic heterocycles. The van der Waals surface area contributed by atoms with Crippen LogP contribution in [0, 0.1) is 0 Å². The molecule has 150 valence electrons. The number of benzene rings is 2. The van der Waals surface area contributed by atoms with Crippen molar-refractivity contribution in [1.82, 2.24) is 4.90 Å². The second-order valence-electron chi connectivity index (χ2n) is 6.27. The number of carbonyl (C=O) groups excluding carboxylic acids is 2. The molecular weight excluding hydrogens is 472 g/mol. The van der Waals surface area contributed by atoms with Gasteiger partial charge in [-0.1, -0.05) is 58.1 Å². The zero-order valence-corrected chi connectivity index (χ0v) is 18.9. The molecule has 1 fully saturated rings. The minimum absolute atomic E-state index is 0.115. The molecule has 0 atom stereocenters. The summed E-state index contributed by atoms with van der Waals surface area (Å²) in [5.41, 5.74) is 1.61. The Morgan fingerprint density at radius 2 is 2.03 bits per heavy atom. The van der Waals surface area contributed by atoms with E-state index >= 15 is 0 Å². The van der Waals surface area contributed by atoms with Gasteiger partial charge in [-0.05, 0) is 42.3 Å². The first kappa shape index (κ1) is 21.5. The van der Waals surface area contributed by atoms with E-state index in [1.165, 1.54) is 11.8 Å². The number of anilines is 1. The number of halogens is 1. The lowest BCUT2D eigenvalue weighted by molar-refractivity contribution is -0.122. The molecule has 0 radical (unpaired) electrons. The van der Waals surface area contributed by atoms with Gasteiger partial charge in [0, 0.05) is 29.2 Å². The second kappa shape index (κ2) is 10.0. The maximum absolute atomic E-state index is 12.7. The molecule has 3 rings (SSSR count). The van der Waals surface area contributed by atoms with Gasteiger partial charge in [-0.2, -0.15) is 0 Å². The van der Waals surface area contributed by atoms with Crippen LogP contribution in [0.3, 0.4) is 0 Å². The van der Waals surface area contributed by atoms with E-state index in [4.69, 9.17) is 17.0 Å². The summed E-state index contributed by atoms with van der Waals surface area (Å²) in [6.07, 6.45) is 2.65. The van der Waals surface area contributed by atoms with Gasteiger partial charge in [-0.3, -0.25) is 14.5 Å². The van der Waals surface area contributed by atoms with Crippen molar-refractivity contribution in [3.05, 3.63) is 63.5 Å². The lowest BCUT2D eigenvalue weighted by Gasteiger charge is -2.14. The van der Waals surface area contributed by atoms with Crippen molar-refractivity contribution in [3.63, 3.8) is 0 Å². The normalized spacial score (nSPS) is 15.1. The van der Waals surface area contributed by atoms with Crippen molar-refractivity contribution < 1.29 is 14.3 Å². The third-order valence-electron chi connectivity index (χ3n) is 4.18. The van der Waals surface area contributed by atoms with Crippen LogP contribution in [-0.2, 0) is 9.59 Å². The third kappa shape index (κ3) is 5.91. The van der Waals surface area contributed by atoms with Gasteiger partial charge in [0.1, 0.15) is 10.1 Å². The molecule has 29 heavy (non-hydrogen) atoms. The first-order chi connectivity index (χ1) is 14.0. The highest BCUT2D eigenvalue weighted by molar-refractivity contribution is 9.10. The molecule has 0 bridgehead atoms. The molecule has 0 saturated carbocycles. The molecule has 0 aliphatic carbocycles. The van der Waals surface area contributed by atoms with Crippen LogP contribution in [0.2, 0.25) is 0 Å². The Morgan fingerprint density at radius 3 is 2.76 bits per heavy atom. The van der Waals surface area contributed by atoms with E-state index in [0.717, 1.165) is 10.0 Å². The van der Waals surface area contributed by atoms with Crippen LogP contribution in [0.4, 0.5) is 5.69 Å². The van der Waals surface area contributed by atoms with Gasteiger partial charge in [0.25, 0.3) is 5.91 Å². The van der Waals surface area contributed by atoms with Crippen LogP contribution < -0.4 is 10.1 Å². The average Bonchev–Trinajstić information content (AvgIpc) is 2.97. The zero-order chi connectivity index (χ0) is 20.8. The summed E-state index contributed by atoms with van der Waals surface area (Å²) in [5, 5.41) is 2.83. The minimum Gasteiger partial charge on any atom is -0.497 e. The molecule has 0 spiro atoms. The molecule has 0 unspecified atom stereocenters. The fourth-order valence-electron chi connectivity index (χ4n) is 2.73. The highest BCUT2D eigenvalue weighted by atomic mass is 79.9. The summed E-state index contributed by atoms with van der Waals surface area (Å²) in [7, 11) is 1.58. The van der Waals surface area contributed by atoms with Crippen LogP contribution in [0.1, 0.15) is 18.4 Å². The van der Waals surface area contributed by atoms with E-state index in [2.05, 4.69) is 21.2 Å². The van der Waals surface area contributed by atoms with Gasteiger partial charge in [-0.25, -0.2) is 0 Å². The first-order valence-corrected chi connectivity index (χ1v) is 10.9. The van der Waals surface area contributed by atoms with E-state index in [1.54, 1.807) is 24.1 Å². The zero-order valence-electron chi connectivity index (χ0n) is 15.7. The fourth-order valence-corrected chi connectivity index (χ4v) is 4.30. The molecule has 2 aromatic carbocycles. The van der Waals surface area contributed by atoms with Gasteiger partial charge in [-0.15, -0.1) is 0 Å². The maximum Gasteiger partial charge on any atom is 0.266 e. The molecule has 2 amide bonds. The Morgan fingerprint density at radius 1 is 1.28 bits per heavy atom. The summed E-state index contributed by atoms with van der Waals surface area (Å²) >= 11 is 10.0. The van der Waals surface area contributed by atoms with Crippen molar-refractivity contribution in [2.24, 2.45) is 0 Å². The summed E-state index contributed by atoms with van der Waals surface area (Å²) in [6.45, 7) is 0.411. The number of hydrogen-bond acceptors (Lipinski definition) is 5. The monoisotopic (exact) mass is 490 g/mol. The Hall–Kier alpha value is -2.16. The van der Waals surface area contributed by atoms with E-state index in [1.807, 2.05) is 42.5 Å². The molecule has 1 heterocycles. The molecule has 0 aromatic heterocycles. The maximum atomic E-state index is 12.7. The van der Waals surface area contributed by atoms with Crippen LogP contribution in [0.15, 0.2) is 57.9 Å². The van der Waals surface area contributed by atoms with Crippen molar-refractivity contribution in [2.75, 3.05) is 19.0 Å². The Kier molecular flexibility index (Phi) is 7.46. The molecule has 8 heteroatoms. The Balaban J connectivity index is 1.52. The van der Waals surface area contributed by atoms with Gasteiger partial charge >= 0.3 is 0 Å². The molecule has 2 aromatic rings. The number of rotatable bonds is 7. The number of thiocarbonyl (C=S) groups is 1. The largest absolute Gasteiger partial charge is 0.497 e. The van der Waals surface area contributed by atoms with Crippen LogP contribution in [0.25, 0.3) is 6.08 Å². The number of amides is 2. The summed E-state index contributed by atoms with van der Waals surface area (Å²) in [6, 6.07) is 14.9. The van der Waals surface area contributed by atoms with Gasteiger partial charge in [0.15, 0.2) is 0 Å². The van der Waals surface area contributed by atoms with E-state index in [-0.39, 0.29) is 11.8 Å². The summed E-state index contributed by atoms with van der Waals surface area (Å²) < 4.78 is 6.65. The fraction of sp³-hybridized carbons (Fsp3) is 0.190. The molecular formula is C21H19BrN2O3S2. The highest BCUT2D eigenvalue weighted by Gasteiger charge is 2.31. The predicted molar refractivity (Wildman–Crippen MR) is 125 cm³/mol. The average molecular weight is 491 g/mol. The number of thioether (sulfide) groups is 1. The van der Waals surface area contributed by atoms with Gasteiger partial charge in [0.05, 0.1) is 12.0 Å². The first-order valence-electron chi connectivity index (χ1n) is 8.91. The number of carbonyl (C=O) groups is 2. The van der Waals surface area contributed by atoms with Crippen molar-refractivity contribution in [3.8, 4) is 5.75 Å². The summed E-state index contributed by atoms with van der Waals surface area (Å²) in [4.78, 5) is 27.0. The highest BCUT2D eigenvalue weighted by Crippen LogP contribution is 2.33. The molecule has 5 nitrogen and oxygen atoms in total. The lowest BCUT2D eigenvalue weighted by atomic mass is 10.2. The number of nitrogens with zero attached hydrogens (tertiary/aromatic N) is 1. The Labute approximate surface area is 187 Å². The standard InChI is InChI=1S/C21H19BrN2O3S2/c1-27-17-5-2-4-16(13-17)23-19(25)6-3-11-24-20(26)18(29-21(24)28)12-14-7-9-15(22)10-8-14/h2,4-5,7-10,12-13H,3,6,11H2,1H3,(H,23,25). The summed E-state index contributed by atoms with van der Waals surface area (Å²) in [5.74, 6) is 0.447. The van der Waals surface area contributed by atoms with E-state index in [9.17, 15) is 9.59 Å². The van der Waals surface area contributed by atoms with Crippen molar-refractivity contribution in [2.45, 2.75) is 12.8 Å². The van der Waals surface area contributed by atoms with Crippen LogP contribution in [-0.4, -0.2) is 34.7 Å². The number of nitrogens with one attached hydrogen (secondary N) is 1. The Bertz CT molecular complexity index is 961. The molecule has 1 saturated heterocycles. The minimum atomic E-state index is -0.117. The van der Waals surface area contributed by atoms with Crippen molar-refractivity contribution >= 4 is 67.8 Å². The number of ether oxygens (including phenoxy) is 1. The number of methoxy groups -OCH3 is 1. The molecule has 1 aliphatic rings. The quantitative estimate of drug-likeness (QED) is 0.433. The SMILES string of the molecule is COc1cccc(NC(=O)CCCN2C(=O)C(=Cc3ccc(Br)cc3)SC2=S)c1. The van der Waals surface area contributed by atoms with Crippen LogP contribution >= 0.6 is 39.9 Å². The second-order valence-corrected chi connectivity index (χ2v) is 8.86. The molecule has 1 N–H and O–H groups in total. The smallest absolute Gasteiger partial charge is 0.266 e. The van der Waals surface area contributed by atoms with Gasteiger partial charge < -0.3 is 10.1 Å². The van der Waals surface area contributed by atoms with E-state index in [0.29, 0.717) is 40.0 Å². The van der Waals surface area contributed by atoms with Crippen LogP contribution in [0.5, 0.6) is 5.75 Å². The number of hydrogen-bond donors (Lipinski definition) is 1. The third-order valence-corrected chi connectivity index (χ3v) is 6.09. The predicted octanol–water partition coefficient (Wildman–Crippen LogP) is 5.08. The van der Waals surface area contributed by atoms with E-state index < -0.39 is 0 Å². The van der Waals surface area contributed by atoms with Crippen molar-refractivity contribution in [1.29, 1.82) is 0 Å². The van der Waals surface area contributed by atoms with Gasteiger partial charge in [0.2, 0.25) is 5.91 Å². The topological polar surface area (TPSA) is 58.6 Å². The lowest BCUT2D eigenvalue weighted by Crippen LogP contribution is -2.29.